The molecule has 3 aromatic rings. The zero-order valence-electron chi connectivity index (χ0n) is 14.3. The summed E-state index contributed by atoms with van der Waals surface area (Å²) in [7, 11) is 0. The maximum absolute atomic E-state index is 13.4. The molecule has 6 nitrogen and oxygen atoms in total. The molecule has 3 N–H and O–H groups in total. The number of amides is 2. The van der Waals surface area contributed by atoms with Crippen molar-refractivity contribution in [1.82, 2.24) is 14.5 Å². The van der Waals surface area contributed by atoms with Crippen molar-refractivity contribution in [3.05, 3.63) is 42.7 Å². The van der Waals surface area contributed by atoms with E-state index in [1.54, 1.807) is 23.0 Å². The third-order valence-corrected chi connectivity index (χ3v) is 4.84. The topological polar surface area (TPSA) is 74.7 Å². The van der Waals surface area contributed by atoms with Gasteiger partial charge in [0.2, 0.25) is 5.92 Å². The van der Waals surface area contributed by atoms with Crippen molar-refractivity contribution in [1.29, 1.82) is 0 Å². The Morgan fingerprint density at radius 2 is 2.04 bits per heavy atom. The number of hydrogen-bond donors (Lipinski definition) is 3. The molecule has 27 heavy (non-hydrogen) atoms. The Hall–Kier alpha value is -2.97. The Labute approximate surface area is 152 Å². The van der Waals surface area contributed by atoms with E-state index in [0.29, 0.717) is 35.2 Å². The summed E-state index contributed by atoms with van der Waals surface area (Å²) in [5.41, 5.74) is 1.14. The number of imidazole rings is 1. The molecule has 1 saturated carbocycles. The molecule has 2 heterocycles. The van der Waals surface area contributed by atoms with Crippen molar-refractivity contribution < 1.29 is 18.0 Å². The lowest BCUT2D eigenvalue weighted by molar-refractivity contribution is -0.0439. The predicted molar refractivity (Wildman–Crippen MR) is 95.6 cm³/mol. The second-order valence-corrected chi connectivity index (χ2v) is 6.76. The SMILES string of the molecule is O=C(Nc1cn(C2CCC(F)(F)CC2)cn1)Nc1c[nH]c2ccc(F)cc12. The van der Waals surface area contributed by atoms with Crippen LogP contribution in [0.15, 0.2) is 36.9 Å². The van der Waals surface area contributed by atoms with Gasteiger partial charge in [0.15, 0.2) is 5.82 Å². The molecule has 0 unspecified atom stereocenters. The van der Waals surface area contributed by atoms with Crippen LogP contribution in [0.1, 0.15) is 31.7 Å². The highest BCUT2D eigenvalue weighted by molar-refractivity contribution is 6.05. The normalized spacial score (nSPS) is 17.1. The number of anilines is 2. The summed E-state index contributed by atoms with van der Waals surface area (Å²) in [5, 5.41) is 5.80. The number of nitrogens with one attached hydrogen (secondary N) is 3. The van der Waals surface area contributed by atoms with Gasteiger partial charge in [0.25, 0.3) is 0 Å². The Balaban J connectivity index is 1.40. The van der Waals surface area contributed by atoms with Gasteiger partial charge in [-0.2, -0.15) is 0 Å². The molecule has 1 aliphatic rings. The molecule has 2 amide bonds. The third-order valence-electron chi connectivity index (χ3n) is 4.84. The van der Waals surface area contributed by atoms with Gasteiger partial charge in [-0.15, -0.1) is 0 Å². The van der Waals surface area contributed by atoms with Gasteiger partial charge in [0, 0.05) is 42.2 Å². The molecule has 2 aromatic heterocycles. The molecule has 142 valence electrons. The summed E-state index contributed by atoms with van der Waals surface area (Å²) in [6, 6.07) is 3.67. The zero-order chi connectivity index (χ0) is 19.0. The van der Waals surface area contributed by atoms with Gasteiger partial charge in [-0.1, -0.05) is 0 Å². The molecule has 0 radical (unpaired) electrons. The molecule has 0 atom stereocenters. The Morgan fingerprint density at radius 1 is 1.26 bits per heavy atom. The van der Waals surface area contributed by atoms with Crippen LogP contribution in [0, 0.1) is 5.82 Å². The largest absolute Gasteiger partial charge is 0.359 e. The molecule has 1 aliphatic carbocycles. The number of halogens is 3. The number of alkyl halides is 2. The fourth-order valence-electron chi connectivity index (χ4n) is 3.39. The highest BCUT2D eigenvalue weighted by Gasteiger charge is 2.35. The second-order valence-electron chi connectivity index (χ2n) is 6.76. The number of hydrogen-bond acceptors (Lipinski definition) is 2. The summed E-state index contributed by atoms with van der Waals surface area (Å²) in [5.74, 6) is -2.67. The minimum Gasteiger partial charge on any atom is -0.359 e. The predicted octanol–water partition coefficient (Wildman–Crippen LogP) is 4.90. The van der Waals surface area contributed by atoms with Gasteiger partial charge in [-0.3, -0.25) is 5.32 Å². The van der Waals surface area contributed by atoms with Crippen LogP contribution in [0.2, 0.25) is 0 Å². The zero-order valence-corrected chi connectivity index (χ0v) is 14.3. The summed E-state index contributed by atoms with van der Waals surface area (Å²) in [6.07, 6.45) is 5.19. The molecule has 0 aliphatic heterocycles. The standard InChI is InChI=1S/C18H18F3N5O/c19-11-1-2-14-13(7-11)15(8-22-14)24-17(27)25-16-9-26(10-23-16)12-3-5-18(20,21)6-4-12/h1-2,7-10,12,22H,3-6H2,(H2,24,25,27). The number of H-pyrrole nitrogens is 1. The van der Waals surface area contributed by atoms with Gasteiger partial charge in [0.1, 0.15) is 5.82 Å². The van der Waals surface area contributed by atoms with Crippen molar-refractivity contribution in [2.24, 2.45) is 0 Å². The summed E-state index contributed by atoms with van der Waals surface area (Å²) >= 11 is 0. The first-order valence-electron chi connectivity index (χ1n) is 8.66. The molecule has 0 saturated heterocycles. The summed E-state index contributed by atoms with van der Waals surface area (Å²) < 4.78 is 41.7. The van der Waals surface area contributed by atoms with E-state index in [2.05, 4.69) is 20.6 Å². The number of benzene rings is 1. The van der Waals surface area contributed by atoms with Gasteiger partial charge < -0.3 is 14.9 Å². The quantitative estimate of drug-likeness (QED) is 0.607. The molecule has 4 rings (SSSR count). The first kappa shape index (κ1) is 17.4. The number of urea groups is 1. The van der Waals surface area contributed by atoms with Crippen LogP contribution in [0.3, 0.4) is 0 Å². The lowest BCUT2D eigenvalue weighted by Crippen LogP contribution is -2.25. The van der Waals surface area contributed by atoms with Crippen molar-refractivity contribution in [3.63, 3.8) is 0 Å². The fraction of sp³-hybridized carbons (Fsp3) is 0.333. The Bertz CT molecular complexity index is 970. The number of fused-ring (bicyclic) bond motifs is 1. The average molecular weight is 377 g/mol. The van der Waals surface area contributed by atoms with Crippen molar-refractivity contribution >= 4 is 28.4 Å². The highest BCUT2D eigenvalue weighted by Crippen LogP contribution is 2.38. The van der Waals surface area contributed by atoms with E-state index >= 15 is 0 Å². The number of aromatic nitrogens is 3. The van der Waals surface area contributed by atoms with Gasteiger partial charge in [-0.25, -0.2) is 22.9 Å². The van der Waals surface area contributed by atoms with E-state index < -0.39 is 17.8 Å². The van der Waals surface area contributed by atoms with Crippen LogP contribution in [0.5, 0.6) is 0 Å². The number of aromatic amines is 1. The van der Waals surface area contributed by atoms with E-state index in [4.69, 9.17) is 0 Å². The Kier molecular flexibility index (Phi) is 4.29. The molecular weight excluding hydrogens is 359 g/mol. The first-order chi connectivity index (χ1) is 12.9. The van der Waals surface area contributed by atoms with Crippen molar-refractivity contribution in [3.8, 4) is 0 Å². The van der Waals surface area contributed by atoms with E-state index in [9.17, 15) is 18.0 Å². The van der Waals surface area contributed by atoms with Crippen molar-refractivity contribution in [2.45, 2.75) is 37.6 Å². The second kappa shape index (κ2) is 6.64. The highest BCUT2D eigenvalue weighted by atomic mass is 19.3. The van der Waals surface area contributed by atoms with Crippen molar-refractivity contribution in [2.75, 3.05) is 10.6 Å². The van der Waals surface area contributed by atoms with Crippen LogP contribution >= 0.6 is 0 Å². The molecule has 0 bridgehead atoms. The van der Waals surface area contributed by atoms with Gasteiger partial charge >= 0.3 is 6.03 Å². The number of carbonyl (C=O) groups is 1. The smallest absolute Gasteiger partial charge is 0.324 e. The van der Waals surface area contributed by atoms with Crippen LogP contribution in [-0.2, 0) is 0 Å². The average Bonchev–Trinajstić information content (AvgIpc) is 3.22. The lowest BCUT2D eigenvalue weighted by Gasteiger charge is -2.28. The molecule has 9 heteroatoms. The maximum Gasteiger partial charge on any atom is 0.324 e. The van der Waals surface area contributed by atoms with Crippen LogP contribution < -0.4 is 10.6 Å². The van der Waals surface area contributed by atoms with Gasteiger partial charge in [0.05, 0.1) is 12.0 Å². The minimum absolute atomic E-state index is 0.0488. The van der Waals surface area contributed by atoms with Crippen LogP contribution in [0.25, 0.3) is 10.9 Å². The number of carbonyl (C=O) groups excluding carboxylic acids is 1. The summed E-state index contributed by atoms with van der Waals surface area (Å²) in [4.78, 5) is 19.3. The van der Waals surface area contributed by atoms with E-state index in [-0.39, 0.29) is 18.9 Å². The van der Waals surface area contributed by atoms with Crippen LogP contribution in [0.4, 0.5) is 29.5 Å². The number of rotatable bonds is 3. The molecular formula is C18H18F3N5O. The maximum atomic E-state index is 13.4. The minimum atomic E-state index is -2.59. The lowest BCUT2D eigenvalue weighted by atomic mass is 9.92. The van der Waals surface area contributed by atoms with E-state index in [0.717, 1.165) is 0 Å². The summed E-state index contributed by atoms with van der Waals surface area (Å²) in [6.45, 7) is 0. The third kappa shape index (κ3) is 3.76. The van der Waals surface area contributed by atoms with E-state index in [1.807, 2.05) is 0 Å². The number of nitrogens with zero attached hydrogens (tertiary/aromatic N) is 2. The molecule has 0 spiro atoms. The monoisotopic (exact) mass is 377 g/mol. The Morgan fingerprint density at radius 3 is 2.81 bits per heavy atom. The molecule has 1 aromatic carbocycles. The first-order valence-corrected chi connectivity index (χ1v) is 8.66. The molecule has 1 fully saturated rings. The fourth-order valence-corrected chi connectivity index (χ4v) is 3.39. The van der Waals surface area contributed by atoms with Gasteiger partial charge in [-0.05, 0) is 31.0 Å². The van der Waals surface area contributed by atoms with Crippen LogP contribution in [-0.4, -0.2) is 26.5 Å². The van der Waals surface area contributed by atoms with E-state index in [1.165, 1.54) is 18.5 Å².